The van der Waals surface area contributed by atoms with Crippen molar-refractivity contribution < 1.29 is 19.4 Å². The second kappa shape index (κ2) is 3.58. The van der Waals surface area contributed by atoms with Crippen LogP contribution in [0, 0.1) is 0 Å². The van der Waals surface area contributed by atoms with Crippen LogP contribution < -0.4 is 5.73 Å². The van der Waals surface area contributed by atoms with Crippen LogP contribution in [-0.4, -0.2) is 21.9 Å². The molecular weight excluding hydrogens is 212 g/mol. The molecule has 0 aliphatic carbocycles. The highest BCUT2D eigenvalue weighted by Gasteiger charge is 2.12. The Kier molecular flexibility index (Phi) is 2.24. The number of nitrogens with zero attached hydrogens (tertiary/aromatic N) is 1. The Bertz CT molecular complexity index is 573. The number of aromatic hydroxyl groups is 1. The van der Waals surface area contributed by atoms with Crippen LogP contribution in [0.1, 0.15) is 0 Å². The smallest absolute Gasteiger partial charge is 0.427 e. The monoisotopic (exact) mass is 220 g/mol. The van der Waals surface area contributed by atoms with E-state index < -0.39 is 12.2 Å². The molecule has 0 spiro atoms. The number of benzene rings is 1. The summed E-state index contributed by atoms with van der Waals surface area (Å²) in [6.07, 6.45) is -0.617. The van der Waals surface area contributed by atoms with Crippen molar-refractivity contribution in [3.05, 3.63) is 30.5 Å². The van der Waals surface area contributed by atoms with Crippen LogP contribution in [0.4, 0.5) is 9.59 Å². The summed E-state index contributed by atoms with van der Waals surface area (Å²) in [6.45, 7) is 0. The van der Waals surface area contributed by atoms with Crippen molar-refractivity contribution in [3.8, 4) is 5.75 Å². The normalized spacial score (nSPS) is 10.2. The number of hydrogen-bond acceptors (Lipinski definition) is 4. The molecule has 1 amide bonds. The van der Waals surface area contributed by atoms with Gasteiger partial charge >= 0.3 is 12.2 Å². The van der Waals surface area contributed by atoms with E-state index >= 15 is 0 Å². The van der Waals surface area contributed by atoms with Crippen molar-refractivity contribution in [2.24, 2.45) is 5.73 Å². The SMILES string of the molecule is NC(=O)OC(=O)n1ccc2cc(O)ccc21. The number of aromatic nitrogens is 1. The average Bonchev–Trinajstić information content (AvgIpc) is 2.59. The van der Waals surface area contributed by atoms with Crippen LogP contribution in [-0.2, 0) is 4.74 Å². The molecule has 0 bridgehead atoms. The maximum absolute atomic E-state index is 11.4. The summed E-state index contributed by atoms with van der Waals surface area (Å²) in [5.41, 5.74) is 5.25. The predicted octanol–water partition coefficient (Wildman–Crippen LogP) is 1.41. The Balaban J connectivity index is 2.46. The highest BCUT2D eigenvalue weighted by Crippen LogP contribution is 2.21. The van der Waals surface area contributed by atoms with Gasteiger partial charge in [0.15, 0.2) is 0 Å². The van der Waals surface area contributed by atoms with Gasteiger partial charge in [-0.1, -0.05) is 0 Å². The third-order valence-electron chi connectivity index (χ3n) is 2.06. The van der Waals surface area contributed by atoms with Crippen molar-refractivity contribution in [1.82, 2.24) is 4.57 Å². The van der Waals surface area contributed by atoms with Gasteiger partial charge in [-0.05, 0) is 24.3 Å². The predicted molar refractivity (Wildman–Crippen MR) is 55.1 cm³/mol. The van der Waals surface area contributed by atoms with Gasteiger partial charge in [0.1, 0.15) is 5.75 Å². The largest absolute Gasteiger partial charge is 0.508 e. The van der Waals surface area contributed by atoms with Crippen LogP contribution in [0.3, 0.4) is 0 Å². The van der Waals surface area contributed by atoms with E-state index in [1.807, 2.05) is 0 Å². The molecule has 2 aromatic rings. The molecule has 3 N–H and O–H groups in total. The van der Waals surface area contributed by atoms with Gasteiger partial charge in [-0.25, -0.2) is 9.59 Å². The van der Waals surface area contributed by atoms with Gasteiger partial charge in [-0.15, -0.1) is 0 Å². The van der Waals surface area contributed by atoms with E-state index in [2.05, 4.69) is 4.74 Å². The van der Waals surface area contributed by atoms with Gasteiger partial charge in [0.25, 0.3) is 0 Å². The van der Waals surface area contributed by atoms with Gasteiger partial charge in [0.05, 0.1) is 5.52 Å². The Morgan fingerprint density at radius 2 is 2.06 bits per heavy atom. The molecule has 1 aromatic carbocycles. The zero-order valence-corrected chi connectivity index (χ0v) is 8.08. The van der Waals surface area contributed by atoms with Crippen LogP contribution >= 0.6 is 0 Å². The number of rotatable bonds is 0. The second-order valence-corrected chi connectivity index (χ2v) is 3.12. The van der Waals surface area contributed by atoms with Crippen LogP contribution in [0.25, 0.3) is 10.9 Å². The highest BCUT2D eigenvalue weighted by atomic mass is 16.6. The summed E-state index contributed by atoms with van der Waals surface area (Å²) in [7, 11) is 0. The van der Waals surface area contributed by atoms with Gasteiger partial charge < -0.3 is 15.6 Å². The molecule has 0 radical (unpaired) electrons. The quantitative estimate of drug-likeness (QED) is 0.656. The number of amides is 1. The number of carbonyl (C=O) groups is 2. The molecule has 2 rings (SSSR count). The lowest BCUT2D eigenvalue weighted by Gasteiger charge is -2.02. The standard InChI is InChI=1S/C10H8N2O4/c11-9(14)16-10(15)12-4-3-6-5-7(13)1-2-8(6)12/h1-5,13H,(H2,11,14). The van der Waals surface area contributed by atoms with Crippen molar-refractivity contribution >= 4 is 23.1 Å². The lowest BCUT2D eigenvalue weighted by atomic mass is 10.2. The number of phenols is 1. The van der Waals surface area contributed by atoms with Crippen LogP contribution in [0.2, 0.25) is 0 Å². The minimum Gasteiger partial charge on any atom is -0.508 e. The Morgan fingerprint density at radius 3 is 2.75 bits per heavy atom. The van der Waals surface area contributed by atoms with E-state index in [9.17, 15) is 14.7 Å². The molecule has 1 heterocycles. The second-order valence-electron chi connectivity index (χ2n) is 3.12. The van der Waals surface area contributed by atoms with Crippen molar-refractivity contribution in [1.29, 1.82) is 0 Å². The first-order valence-electron chi connectivity index (χ1n) is 4.39. The maximum atomic E-state index is 11.4. The van der Waals surface area contributed by atoms with E-state index in [1.54, 1.807) is 6.07 Å². The molecule has 0 fully saturated rings. The van der Waals surface area contributed by atoms with E-state index in [1.165, 1.54) is 24.4 Å². The zero-order chi connectivity index (χ0) is 11.7. The van der Waals surface area contributed by atoms with Gasteiger partial charge in [-0.2, -0.15) is 0 Å². The summed E-state index contributed by atoms with van der Waals surface area (Å²) < 4.78 is 5.36. The minimum atomic E-state index is -1.16. The number of nitrogens with two attached hydrogens (primary N) is 1. The van der Waals surface area contributed by atoms with E-state index in [0.29, 0.717) is 10.9 Å². The topological polar surface area (TPSA) is 94.6 Å². The first kappa shape index (κ1) is 10.0. The van der Waals surface area contributed by atoms with Crippen molar-refractivity contribution in [2.75, 3.05) is 0 Å². The first-order valence-corrected chi connectivity index (χ1v) is 4.39. The summed E-state index contributed by atoms with van der Waals surface area (Å²) >= 11 is 0. The summed E-state index contributed by atoms with van der Waals surface area (Å²) in [4.78, 5) is 21.8. The molecule has 6 nitrogen and oxygen atoms in total. The fraction of sp³-hybridized carbons (Fsp3) is 0. The minimum absolute atomic E-state index is 0.0912. The molecule has 0 saturated heterocycles. The number of hydrogen-bond donors (Lipinski definition) is 2. The summed E-state index contributed by atoms with van der Waals surface area (Å²) in [5.74, 6) is 0.0912. The third kappa shape index (κ3) is 1.68. The van der Waals surface area contributed by atoms with E-state index in [0.717, 1.165) is 4.57 Å². The molecule has 0 unspecified atom stereocenters. The Labute approximate surface area is 89.8 Å². The number of phenolic OH excluding ortho intramolecular Hbond substituents is 1. The highest BCUT2D eigenvalue weighted by molar-refractivity contribution is 5.93. The lowest BCUT2D eigenvalue weighted by molar-refractivity contribution is 0.159. The van der Waals surface area contributed by atoms with Crippen LogP contribution in [0.15, 0.2) is 30.5 Å². The molecule has 16 heavy (non-hydrogen) atoms. The van der Waals surface area contributed by atoms with Gasteiger partial charge in [0, 0.05) is 11.6 Å². The zero-order valence-electron chi connectivity index (χ0n) is 8.08. The summed E-state index contributed by atoms with van der Waals surface area (Å²) in [5, 5.41) is 9.88. The van der Waals surface area contributed by atoms with E-state index in [-0.39, 0.29) is 5.75 Å². The fourth-order valence-electron chi connectivity index (χ4n) is 1.42. The number of primary amides is 1. The molecule has 0 atom stereocenters. The maximum Gasteiger partial charge on any atom is 0.427 e. The number of fused-ring (bicyclic) bond motifs is 1. The first-order chi connectivity index (χ1) is 7.58. The molecular formula is C10H8N2O4. The molecule has 0 aliphatic rings. The third-order valence-corrected chi connectivity index (χ3v) is 2.06. The number of ether oxygens (including phenoxy) is 1. The molecule has 1 aromatic heterocycles. The molecule has 82 valence electrons. The van der Waals surface area contributed by atoms with Gasteiger partial charge in [-0.3, -0.25) is 4.57 Å². The lowest BCUT2D eigenvalue weighted by Crippen LogP contribution is -2.21. The van der Waals surface area contributed by atoms with Crippen molar-refractivity contribution in [3.63, 3.8) is 0 Å². The van der Waals surface area contributed by atoms with Gasteiger partial charge in [0.2, 0.25) is 0 Å². The Hall–Kier alpha value is -2.50. The van der Waals surface area contributed by atoms with Crippen molar-refractivity contribution in [2.45, 2.75) is 0 Å². The Morgan fingerprint density at radius 1 is 1.31 bits per heavy atom. The summed E-state index contributed by atoms with van der Waals surface area (Å²) in [6, 6.07) is 6.06. The molecule has 0 aliphatic heterocycles. The van der Waals surface area contributed by atoms with Crippen LogP contribution in [0.5, 0.6) is 5.75 Å². The molecule has 6 heteroatoms. The fourth-order valence-corrected chi connectivity index (χ4v) is 1.42. The average molecular weight is 220 g/mol. The van der Waals surface area contributed by atoms with E-state index in [4.69, 9.17) is 5.73 Å². The molecule has 0 saturated carbocycles. The number of carbonyl (C=O) groups excluding carboxylic acids is 2.